The third kappa shape index (κ3) is 4.13. The molecule has 24 heavy (non-hydrogen) atoms. The van der Waals surface area contributed by atoms with Crippen LogP contribution in [-0.4, -0.2) is 58.1 Å². The van der Waals surface area contributed by atoms with Crippen LogP contribution in [0, 0.1) is 0 Å². The molecule has 1 fully saturated rings. The molecule has 126 valence electrons. The van der Waals surface area contributed by atoms with Gasteiger partial charge in [0.05, 0.1) is 19.6 Å². The molecule has 0 atom stereocenters. The van der Waals surface area contributed by atoms with Crippen LogP contribution in [-0.2, 0) is 22.5 Å². The number of nitrogens with zero attached hydrogens (tertiary/aromatic N) is 4. The first-order valence-electron chi connectivity index (χ1n) is 7.57. The number of ether oxygens (including phenoxy) is 1. The number of amides is 2. The largest absolute Gasteiger partial charge is 0.378 e. The second-order valence-corrected chi connectivity index (χ2v) is 5.22. The van der Waals surface area contributed by atoms with Gasteiger partial charge < -0.3 is 19.5 Å². The standard InChI is InChI=1S/C15H17N5O4/c21-13(20-5-7-23-8-6-20)9-12-18-15(24-19-12)14(22)17-10-11-1-3-16-4-2-11/h1-4H,5-10H2,(H,17,22). The Balaban J connectivity index is 1.52. The molecule has 1 aliphatic rings. The van der Waals surface area contributed by atoms with Crippen LogP contribution < -0.4 is 5.32 Å². The highest BCUT2D eigenvalue weighted by atomic mass is 16.5. The monoisotopic (exact) mass is 331 g/mol. The predicted molar refractivity (Wildman–Crippen MR) is 80.8 cm³/mol. The molecule has 0 aliphatic carbocycles. The van der Waals surface area contributed by atoms with Gasteiger partial charge in [-0.2, -0.15) is 4.98 Å². The van der Waals surface area contributed by atoms with Crippen molar-refractivity contribution in [1.82, 2.24) is 25.3 Å². The SMILES string of the molecule is O=C(NCc1ccncc1)c1nc(CC(=O)N2CCOCC2)no1. The second kappa shape index (κ2) is 7.64. The average Bonchev–Trinajstić information content (AvgIpc) is 3.10. The third-order valence-electron chi connectivity index (χ3n) is 3.54. The van der Waals surface area contributed by atoms with Crippen LogP contribution in [0.1, 0.15) is 22.1 Å². The Morgan fingerprint density at radius 1 is 1.21 bits per heavy atom. The molecule has 2 aromatic heterocycles. The van der Waals surface area contributed by atoms with Gasteiger partial charge in [-0.05, 0) is 17.7 Å². The van der Waals surface area contributed by atoms with Gasteiger partial charge in [-0.15, -0.1) is 0 Å². The lowest BCUT2D eigenvalue weighted by Gasteiger charge is -2.26. The molecule has 1 N–H and O–H groups in total. The van der Waals surface area contributed by atoms with Crippen LogP contribution in [0.2, 0.25) is 0 Å². The maximum atomic E-state index is 12.1. The minimum atomic E-state index is -0.482. The molecule has 0 bridgehead atoms. The highest BCUT2D eigenvalue weighted by molar-refractivity contribution is 5.89. The van der Waals surface area contributed by atoms with Crippen molar-refractivity contribution in [1.29, 1.82) is 0 Å². The minimum absolute atomic E-state index is 0.00113. The molecule has 0 radical (unpaired) electrons. The molecular formula is C15H17N5O4. The smallest absolute Gasteiger partial charge is 0.315 e. The van der Waals surface area contributed by atoms with Crippen LogP contribution in [0.5, 0.6) is 0 Å². The van der Waals surface area contributed by atoms with Crippen LogP contribution >= 0.6 is 0 Å². The maximum absolute atomic E-state index is 12.1. The van der Waals surface area contributed by atoms with Crippen molar-refractivity contribution in [2.45, 2.75) is 13.0 Å². The van der Waals surface area contributed by atoms with Gasteiger partial charge in [-0.3, -0.25) is 14.6 Å². The van der Waals surface area contributed by atoms with Gasteiger partial charge in [0.1, 0.15) is 0 Å². The average molecular weight is 331 g/mol. The summed E-state index contributed by atoms with van der Waals surface area (Å²) in [5.41, 5.74) is 0.903. The Morgan fingerprint density at radius 3 is 2.71 bits per heavy atom. The van der Waals surface area contributed by atoms with E-state index in [1.165, 1.54) is 0 Å². The third-order valence-corrected chi connectivity index (χ3v) is 3.54. The Labute approximate surface area is 138 Å². The number of aromatic nitrogens is 3. The predicted octanol–water partition coefficient (Wildman–Crippen LogP) is -0.204. The summed E-state index contributed by atoms with van der Waals surface area (Å²) in [6.45, 7) is 2.49. The minimum Gasteiger partial charge on any atom is -0.378 e. The first kappa shape index (κ1) is 16.1. The molecule has 9 heteroatoms. The van der Waals surface area contributed by atoms with E-state index in [-0.39, 0.29) is 24.0 Å². The fraction of sp³-hybridized carbons (Fsp3) is 0.400. The highest BCUT2D eigenvalue weighted by Crippen LogP contribution is 2.04. The van der Waals surface area contributed by atoms with E-state index < -0.39 is 5.91 Å². The van der Waals surface area contributed by atoms with E-state index in [2.05, 4.69) is 20.4 Å². The van der Waals surface area contributed by atoms with Gasteiger partial charge in [0.2, 0.25) is 5.91 Å². The van der Waals surface area contributed by atoms with Gasteiger partial charge in [0, 0.05) is 32.0 Å². The Kier molecular flexibility index (Phi) is 5.12. The first-order chi connectivity index (χ1) is 11.7. The summed E-state index contributed by atoms with van der Waals surface area (Å²) in [5.74, 6) is -0.554. The Bertz CT molecular complexity index is 697. The summed E-state index contributed by atoms with van der Waals surface area (Å²) < 4.78 is 10.1. The van der Waals surface area contributed by atoms with E-state index in [0.717, 1.165) is 5.56 Å². The molecule has 1 saturated heterocycles. The number of carbonyl (C=O) groups is 2. The van der Waals surface area contributed by atoms with Gasteiger partial charge in [-0.1, -0.05) is 5.16 Å². The number of rotatable bonds is 5. The lowest BCUT2D eigenvalue weighted by molar-refractivity contribution is -0.134. The van der Waals surface area contributed by atoms with Crippen LogP contribution in [0.15, 0.2) is 29.0 Å². The molecule has 0 spiro atoms. The summed E-state index contributed by atoms with van der Waals surface area (Å²) in [6, 6.07) is 3.58. The fourth-order valence-corrected chi connectivity index (χ4v) is 2.24. The van der Waals surface area contributed by atoms with E-state index in [1.54, 1.807) is 29.4 Å². The van der Waals surface area contributed by atoms with Crippen LogP contribution in [0.25, 0.3) is 0 Å². The molecule has 9 nitrogen and oxygen atoms in total. The van der Waals surface area contributed by atoms with Crippen molar-refractivity contribution < 1.29 is 18.8 Å². The number of carbonyl (C=O) groups excluding carboxylic acids is 2. The Hall–Kier alpha value is -2.81. The number of hydrogen-bond donors (Lipinski definition) is 1. The van der Waals surface area contributed by atoms with Gasteiger partial charge in [0.25, 0.3) is 0 Å². The molecule has 0 aromatic carbocycles. The van der Waals surface area contributed by atoms with Crippen LogP contribution in [0.3, 0.4) is 0 Å². The second-order valence-electron chi connectivity index (χ2n) is 5.22. The number of nitrogens with one attached hydrogen (secondary N) is 1. The fourth-order valence-electron chi connectivity index (χ4n) is 2.24. The van der Waals surface area contributed by atoms with E-state index >= 15 is 0 Å². The first-order valence-corrected chi connectivity index (χ1v) is 7.57. The molecular weight excluding hydrogens is 314 g/mol. The normalized spacial score (nSPS) is 14.4. The highest BCUT2D eigenvalue weighted by Gasteiger charge is 2.21. The molecule has 1 aliphatic heterocycles. The van der Waals surface area contributed by atoms with Crippen molar-refractivity contribution in [2.24, 2.45) is 0 Å². The van der Waals surface area contributed by atoms with Gasteiger partial charge in [0.15, 0.2) is 5.82 Å². The summed E-state index contributed by atoms with van der Waals surface area (Å²) in [4.78, 5) is 33.6. The topological polar surface area (TPSA) is 110 Å². The van der Waals surface area contributed by atoms with Crippen molar-refractivity contribution in [3.63, 3.8) is 0 Å². The molecule has 2 aromatic rings. The van der Waals surface area contributed by atoms with Crippen molar-refractivity contribution in [3.05, 3.63) is 41.8 Å². The summed E-state index contributed by atoms with van der Waals surface area (Å²) in [7, 11) is 0. The van der Waals surface area contributed by atoms with E-state index in [4.69, 9.17) is 9.26 Å². The van der Waals surface area contributed by atoms with Crippen molar-refractivity contribution in [3.8, 4) is 0 Å². The molecule has 0 saturated carbocycles. The van der Waals surface area contributed by atoms with Gasteiger partial charge >= 0.3 is 11.8 Å². The van der Waals surface area contributed by atoms with E-state index in [9.17, 15) is 9.59 Å². The van der Waals surface area contributed by atoms with E-state index in [0.29, 0.717) is 32.8 Å². The van der Waals surface area contributed by atoms with Gasteiger partial charge in [-0.25, -0.2) is 0 Å². The van der Waals surface area contributed by atoms with E-state index in [1.807, 2.05) is 0 Å². The molecule has 0 unspecified atom stereocenters. The zero-order chi connectivity index (χ0) is 16.8. The number of morpholine rings is 1. The zero-order valence-electron chi connectivity index (χ0n) is 13.0. The Morgan fingerprint density at radius 2 is 1.96 bits per heavy atom. The molecule has 2 amide bonds. The summed E-state index contributed by atoms with van der Waals surface area (Å²) >= 11 is 0. The lowest BCUT2D eigenvalue weighted by atomic mass is 10.3. The lowest BCUT2D eigenvalue weighted by Crippen LogP contribution is -2.41. The van der Waals surface area contributed by atoms with Crippen molar-refractivity contribution >= 4 is 11.8 Å². The van der Waals surface area contributed by atoms with Crippen molar-refractivity contribution in [2.75, 3.05) is 26.3 Å². The zero-order valence-corrected chi connectivity index (χ0v) is 13.0. The quantitative estimate of drug-likeness (QED) is 0.807. The maximum Gasteiger partial charge on any atom is 0.315 e. The summed E-state index contributed by atoms with van der Waals surface area (Å²) in [5, 5.41) is 6.36. The summed E-state index contributed by atoms with van der Waals surface area (Å²) in [6.07, 6.45) is 3.29. The number of hydrogen-bond acceptors (Lipinski definition) is 7. The van der Waals surface area contributed by atoms with Crippen LogP contribution in [0.4, 0.5) is 0 Å². The number of pyridine rings is 1. The molecule has 3 rings (SSSR count). The molecule has 3 heterocycles.